The maximum absolute atomic E-state index is 5.44. The highest BCUT2D eigenvalue weighted by Gasteiger charge is 2.22. The molecule has 1 aromatic heterocycles. The molecule has 162 valence electrons. The fourth-order valence-corrected chi connectivity index (χ4v) is 2.85. The lowest BCUT2D eigenvalue weighted by Gasteiger charge is -2.25. The molecular formula is C21H34IN5O2. The van der Waals surface area contributed by atoms with E-state index in [1.54, 1.807) is 20.4 Å². The van der Waals surface area contributed by atoms with E-state index in [0.29, 0.717) is 6.54 Å². The molecule has 0 bridgehead atoms. The molecule has 8 heteroatoms. The first-order valence-electron chi connectivity index (χ1n) is 9.72. The second-order valence-electron chi connectivity index (χ2n) is 7.20. The van der Waals surface area contributed by atoms with E-state index in [4.69, 9.17) is 14.5 Å². The number of aliphatic imine (C=N–C) groups is 1. The van der Waals surface area contributed by atoms with Gasteiger partial charge in [0, 0.05) is 37.4 Å². The maximum atomic E-state index is 5.44. The summed E-state index contributed by atoms with van der Waals surface area (Å²) >= 11 is 0. The molecule has 0 aliphatic rings. The van der Waals surface area contributed by atoms with Crippen LogP contribution < -0.4 is 20.1 Å². The summed E-state index contributed by atoms with van der Waals surface area (Å²) in [5, 5.41) is 10.9. The molecule has 0 amide bonds. The van der Waals surface area contributed by atoms with Gasteiger partial charge < -0.3 is 20.1 Å². The molecule has 0 aliphatic heterocycles. The van der Waals surface area contributed by atoms with Gasteiger partial charge in [-0.05, 0) is 37.1 Å². The Morgan fingerprint density at radius 1 is 1.17 bits per heavy atom. The SMILES string of the molecule is CCNC(=NCC(C)(C)c1ccc(OC)c(OC)c1)NCCCn1cccn1.I. The molecule has 0 unspecified atom stereocenters. The van der Waals surface area contributed by atoms with E-state index in [9.17, 15) is 0 Å². The highest BCUT2D eigenvalue weighted by atomic mass is 127. The van der Waals surface area contributed by atoms with Crippen molar-refractivity contribution in [3.63, 3.8) is 0 Å². The second-order valence-corrected chi connectivity index (χ2v) is 7.20. The third kappa shape index (κ3) is 7.75. The Hall–Kier alpha value is -1.97. The topological polar surface area (TPSA) is 72.7 Å². The van der Waals surface area contributed by atoms with Crippen molar-refractivity contribution in [1.29, 1.82) is 0 Å². The Morgan fingerprint density at radius 2 is 1.93 bits per heavy atom. The van der Waals surface area contributed by atoms with Gasteiger partial charge in [-0.2, -0.15) is 5.10 Å². The molecule has 29 heavy (non-hydrogen) atoms. The Morgan fingerprint density at radius 3 is 2.55 bits per heavy atom. The number of benzene rings is 1. The quantitative estimate of drug-likeness (QED) is 0.220. The average Bonchev–Trinajstić information content (AvgIpc) is 3.22. The standard InChI is InChI=1S/C21H33N5O2.HI/c1-6-22-20(23-11-7-13-26-14-8-12-25-26)24-16-21(2,3)17-9-10-18(27-4)19(15-17)28-5;/h8-10,12,14-15H,6-7,11,13,16H2,1-5H3,(H2,22,23,24);1H. The third-order valence-electron chi connectivity index (χ3n) is 4.56. The molecule has 0 fully saturated rings. The molecule has 1 heterocycles. The third-order valence-corrected chi connectivity index (χ3v) is 4.56. The van der Waals surface area contributed by atoms with Gasteiger partial charge in [-0.3, -0.25) is 9.67 Å². The summed E-state index contributed by atoms with van der Waals surface area (Å²) < 4.78 is 12.7. The van der Waals surface area contributed by atoms with E-state index in [2.05, 4.69) is 42.6 Å². The lowest BCUT2D eigenvalue weighted by Crippen LogP contribution is -2.39. The number of hydrogen-bond acceptors (Lipinski definition) is 4. The zero-order valence-corrected chi connectivity index (χ0v) is 20.4. The van der Waals surface area contributed by atoms with E-state index in [0.717, 1.165) is 49.1 Å². The monoisotopic (exact) mass is 515 g/mol. The Balaban J connectivity index is 0.00000420. The molecule has 1 aromatic carbocycles. The Labute approximate surface area is 191 Å². The predicted octanol–water partition coefficient (Wildman–Crippen LogP) is 3.44. The minimum absolute atomic E-state index is 0. The zero-order chi connectivity index (χ0) is 20.4. The van der Waals surface area contributed by atoms with Gasteiger partial charge in [0.2, 0.25) is 0 Å². The first-order chi connectivity index (χ1) is 13.5. The summed E-state index contributed by atoms with van der Waals surface area (Å²) in [6.07, 6.45) is 4.76. The van der Waals surface area contributed by atoms with Gasteiger partial charge in [-0.15, -0.1) is 24.0 Å². The van der Waals surface area contributed by atoms with Crippen LogP contribution >= 0.6 is 24.0 Å². The number of aryl methyl sites for hydroxylation is 1. The van der Waals surface area contributed by atoms with E-state index < -0.39 is 0 Å². The molecule has 0 radical (unpaired) electrons. The van der Waals surface area contributed by atoms with Crippen LogP contribution in [-0.2, 0) is 12.0 Å². The summed E-state index contributed by atoms with van der Waals surface area (Å²) in [5.74, 6) is 2.30. The maximum Gasteiger partial charge on any atom is 0.191 e. The number of halogens is 1. The van der Waals surface area contributed by atoms with Gasteiger partial charge in [0.05, 0.1) is 20.8 Å². The van der Waals surface area contributed by atoms with Crippen molar-refractivity contribution in [3.05, 3.63) is 42.2 Å². The summed E-state index contributed by atoms with van der Waals surface area (Å²) in [7, 11) is 3.30. The minimum atomic E-state index is -0.142. The van der Waals surface area contributed by atoms with E-state index >= 15 is 0 Å². The summed E-state index contributed by atoms with van der Waals surface area (Å²) in [6, 6.07) is 7.98. The minimum Gasteiger partial charge on any atom is -0.493 e. The van der Waals surface area contributed by atoms with Crippen LogP contribution in [0.2, 0.25) is 0 Å². The van der Waals surface area contributed by atoms with Gasteiger partial charge in [-0.25, -0.2) is 0 Å². The number of methoxy groups -OCH3 is 2. The Kier molecular flexibility index (Phi) is 10.9. The average molecular weight is 515 g/mol. The largest absolute Gasteiger partial charge is 0.493 e. The smallest absolute Gasteiger partial charge is 0.191 e. The molecule has 2 N–H and O–H groups in total. The van der Waals surface area contributed by atoms with Crippen LogP contribution in [0.25, 0.3) is 0 Å². The number of ether oxygens (including phenoxy) is 2. The van der Waals surface area contributed by atoms with Crippen LogP contribution in [0, 0.1) is 0 Å². The highest BCUT2D eigenvalue weighted by molar-refractivity contribution is 14.0. The predicted molar refractivity (Wildman–Crippen MR) is 129 cm³/mol. The molecule has 2 rings (SSSR count). The lowest BCUT2D eigenvalue weighted by atomic mass is 9.84. The van der Waals surface area contributed by atoms with Gasteiger partial charge in [0.25, 0.3) is 0 Å². The van der Waals surface area contributed by atoms with Crippen molar-refractivity contribution in [1.82, 2.24) is 20.4 Å². The van der Waals surface area contributed by atoms with E-state index in [-0.39, 0.29) is 29.4 Å². The zero-order valence-electron chi connectivity index (χ0n) is 18.1. The van der Waals surface area contributed by atoms with Crippen LogP contribution in [-0.4, -0.2) is 49.6 Å². The van der Waals surface area contributed by atoms with E-state index in [1.165, 1.54) is 0 Å². The number of nitrogens with one attached hydrogen (secondary N) is 2. The van der Waals surface area contributed by atoms with Crippen LogP contribution in [0.4, 0.5) is 0 Å². The van der Waals surface area contributed by atoms with Crippen molar-refractivity contribution in [3.8, 4) is 11.5 Å². The lowest BCUT2D eigenvalue weighted by molar-refractivity contribution is 0.353. The fourth-order valence-electron chi connectivity index (χ4n) is 2.85. The first kappa shape index (κ1) is 25.1. The summed E-state index contributed by atoms with van der Waals surface area (Å²) in [6.45, 7) is 9.62. The molecule has 7 nitrogen and oxygen atoms in total. The molecule has 0 aliphatic carbocycles. The molecule has 0 saturated carbocycles. The van der Waals surface area contributed by atoms with Crippen molar-refractivity contribution in [2.45, 2.75) is 39.2 Å². The Bertz CT molecular complexity index is 748. The van der Waals surface area contributed by atoms with Crippen molar-refractivity contribution < 1.29 is 9.47 Å². The number of aromatic nitrogens is 2. The molecule has 0 saturated heterocycles. The molecule has 0 spiro atoms. The van der Waals surface area contributed by atoms with Crippen LogP contribution in [0.15, 0.2) is 41.7 Å². The second kappa shape index (κ2) is 12.6. The van der Waals surface area contributed by atoms with E-state index in [1.807, 2.05) is 29.1 Å². The van der Waals surface area contributed by atoms with Gasteiger partial charge >= 0.3 is 0 Å². The van der Waals surface area contributed by atoms with Gasteiger partial charge in [0.15, 0.2) is 17.5 Å². The fraction of sp³-hybridized carbons (Fsp3) is 0.524. The highest BCUT2D eigenvalue weighted by Crippen LogP contribution is 2.33. The molecule has 2 aromatic rings. The normalized spacial score (nSPS) is 11.6. The molecular weight excluding hydrogens is 481 g/mol. The molecule has 0 atom stereocenters. The summed E-state index contributed by atoms with van der Waals surface area (Å²) in [5.41, 5.74) is 1.01. The van der Waals surface area contributed by atoms with Crippen LogP contribution in [0.1, 0.15) is 32.8 Å². The van der Waals surface area contributed by atoms with Crippen LogP contribution in [0.3, 0.4) is 0 Å². The van der Waals surface area contributed by atoms with Crippen molar-refractivity contribution in [2.75, 3.05) is 33.9 Å². The van der Waals surface area contributed by atoms with Crippen LogP contribution in [0.5, 0.6) is 11.5 Å². The van der Waals surface area contributed by atoms with Crippen molar-refractivity contribution >= 4 is 29.9 Å². The van der Waals surface area contributed by atoms with Gasteiger partial charge in [-0.1, -0.05) is 19.9 Å². The number of guanidine groups is 1. The first-order valence-corrected chi connectivity index (χ1v) is 9.72. The number of nitrogens with zero attached hydrogens (tertiary/aromatic N) is 3. The number of rotatable bonds is 10. The summed E-state index contributed by atoms with van der Waals surface area (Å²) in [4.78, 5) is 4.79. The van der Waals surface area contributed by atoms with Crippen molar-refractivity contribution in [2.24, 2.45) is 4.99 Å². The van der Waals surface area contributed by atoms with Gasteiger partial charge in [0.1, 0.15) is 0 Å². The number of hydrogen-bond donors (Lipinski definition) is 2.